The van der Waals surface area contributed by atoms with Crippen molar-refractivity contribution in [2.45, 2.75) is 25.3 Å². The highest BCUT2D eigenvalue weighted by atomic mass is 32.2. The highest BCUT2D eigenvalue weighted by Crippen LogP contribution is 2.32. The molecule has 0 aromatic carbocycles. The smallest absolute Gasteiger partial charge is 0.223 e. The Morgan fingerprint density at radius 1 is 1.37 bits per heavy atom. The van der Waals surface area contributed by atoms with Gasteiger partial charge in [-0.25, -0.2) is 0 Å². The van der Waals surface area contributed by atoms with E-state index >= 15 is 0 Å². The lowest BCUT2D eigenvalue weighted by Gasteiger charge is -2.27. The fourth-order valence-corrected chi connectivity index (χ4v) is 3.69. The van der Waals surface area contributed by atoms with E-state index in [4.69, 9.17) is 5.73 Å². The second-order valence-corrected chi connectivity index (χ2v) is 6.87. The molecule has 0 radical (unpaired) electrons. The maximum Gasteiger partial charge on any atom is 0.223 e. The number of guanidine groups is 1. The van der Waals surface area contributed by atoms with Crippen LogP contribution in [0.2, 0.25) is 0 Å². The molecule has 6 heteroatoms. The Labute approximate surface area is 118 Å². The SMILES string of the molecule is NC(=NCC1CC(=O)N(C2CC2)C1)N1CCSCC1. The van der Waals surface area contributed by atoms with Crippen LogP contribution < -0.4 is 5.73 Å². The van der Waals surface area contributed by atoms with Crippen LogP contribution in [0.5, 0.6) is 0 Å². The van der Waals surface area contributed by atoms with E-state index in [0.29, 0.717) is 36.8 Å². The van der Waals surface area contributed by atoms with Crippen molar-refractivity contribution < 1.29 is 4.79 Å². The van der Waals surface area contributed by atoms with E-state index in [1.807, 2.05) is 16.7 Å². The Balaban J connectivity index is 1.49. The summed E-state index contributed by atoms with van der Waals surface area (Å²) in [5, 5.41) is 0. The van der Waals surface area contributed by atoms with Crippen molar-refractivity contribution in [1.82, 2.24) is 9.80 Å². The van der Waals surface area contributed by atoms with Gasteiger partial charge >= 0.3 is 0 Å². The third-order valence-corrected chi connectivity index (χ3v) is 5.02. The highest BCUT2D eigenvalue weighted by molar-refractivity contribution is 7.99. The number of amides is 1. The molecule has 2 aliphatic heterocycles. The number of likely N-dealkylation sites (tertiary alicyclic amines) is 1. The van der Waals surface area contributed by atoms with Crippen molar-refractivity contribution in [1.29, 1.82) is 0 Å². The zero-order valence-electron chi connectivity index (χ0n) is 11.3. The van der Waals surface area contributed by atoms with E-state index in [1.54, 1.807) is 0 Å². The van der Waals surface area contributed by atoms with Gasteiger partial charge in [-0.1, -0.05) is 0 Å². The summed E-state index contributed by atoms with van der Waals surface area (Å²) in [7, 11) is 0. The maximum atomic E-state index is 11.8. The molecule has 3 fully saturated rings. The van der Waals surface area contributed by atoms with Gasteiger partial charge in [0, 0.05) is 56.1 Å². The van der Waals surface area contributed by atoms with Crippen LogP contribution >= 0.6 is 11.8 Å². The molecule has 3 rings (SSSR count). The predicted molar refractivity (Wildman–Crippen MR) is 78.2 cm³/mol. The molecule has 0 aromatic heterocycles. The molecule has 0 spiro atoms. The number of aliphatic imine (C=N–C) groups is 1. The van der Waals surface area contributed by atoms with Gasteiger partial charge in [0.25, 0.3) is 0 Å². The van der Waals surface area contributed by atoms with Gasteiger partial charge < -0.3 is 15.5 Å². The predicted octanol–water partition coefficient (Wildman–Crippen LogP) is 0.361. The van der Waals surface area contributed by atoms with E-state index in [0.717, 1.165) is 31.1 Å². The highest BCUT2D eigenvalue weighted by Gasteiger charge is 2.39. The number of hydrogen-bond acceptors (Lipinski definition) is 3. The number of hydrogen-bond donors (Lipinski definition) is 1. The Hall–Kier alpha value is -0.910. The van der Waals surface area contributed by atoms with E-state index in [1.165, 1.54) is 12.8 Å². The number of rotatable bonds is 3. The second-order valence-electron chi connectivity index (χ2n) is 5.65. The van der Waals surface area contributed by atoms with Gasteiger partial charge in [-0.3, -0.25) is 9.79 Å². The summed E-state index contributed by atoms with van der Waals surface area (Å²) in [6.45, 7) is 3.58. The lowest BCUT2D eigenvalue weighted by atomic mass is 10.1. The average Bonchev–Trinajstić information content (AvgIpc) is 3.21. The van der Waals surface area contributed by atoms with E-state index in [9.17, 15) is 4.79 Å². The number of thioether (sulfide) groups is 1. The van der Waals surface area contributed by atoms with Crippen molar-refractivity contribution in [3.8, 4) is 0 Å². The van der Waals surface area contributed by atoms with Crippen molar-refractivity contribution >= 4 is 23.6 Å². The fourth-order valence-electron chi connectivity index (χ4n) is 2.79. The molecule has 1 unspecified atom stereocenters. The second kappa shape index (κ2) is 5.61. The summed E-state index contributed by atoms with van der Waals surface area (Å²) in [6.07, 6.45) is 3.04. The Kier molecular flexibility index (Phi) is 3.86. The molecule has 2 heterocycles. The molecule has 2 saturated heterocycles. The molecule has 0 aromatic rings. The molecule has 1 aliphatic carbocycles. The van der Waals surface area contributed by atoms with Crippen LogP contribution in [0.4, 0.5) is 0 Å². The van der Waals surface area contributed by atoms with Crippen LogP contribution in [0.1, 0.15) is 19.3 Å². The Morgan fingerprint density at radius 3 is 2.79 bits per heavy atom. The molecule has 1 atom stereocenters. The summed E-state index contributed by atoms with van der Waals surface area (Å²) in [6, 6.07) is 0.540. The van der Waals surface area contributed by atoms with E-state index in [2.05, 4.69) is 9.89 Å². The van der Waals surface area contributed by atoms with Crippen LogP contribution in [0.15, 0.2) is 4.99 Å². The molecule has 1 amide bonds. The summed E-state index contributed by atoms with van der Waals surface area (Å²) in [5.41, 5.74) is 6.04. The van der Waals surface area contributed by atoms with Crippen LogP contribution in [0, 0.1) is 5.92 Å². The zero-order valence-corrected chi connectivity index (χ0v) is 12.1. The monoisotopic (exact) mass is 282 g/mol. The Bertz CT molecular complexity index is 377. The third-order valence-electron chi connectivity index (χ3n) is 4.07. The molecule has 2 N–H and O–H groups in total. The zero-order chi connectivity index (χ0) is 13.2. The van der Waals surface area contributed by atoms with Gasteiger partial charge in [0.1, 0.15) is 0 Å². The van der Waals surface area contributed by atoms with Crippen molar-refractivity contribution in [3.05, 3.63) is 0 Å². The van der Waals surface area contributed by atoms with Crippen LogP contribution in [0.25, 0.3) is 0 Å². The largest absolute Gasteiger partial charge is 0.370 e. The van der Waals surface area contributed by atoms with Gasteiger partial charge in [0.15, 0.2) is 5.96 Å². The standard InChI is InChI=1S/C13H22N4OS/c14-13(16-3-5-19-6-4-16)15-8-10-7-12(18)17(9-10)11-1-2-11/h10-11H,1-9H2,(H2,14,15). The minimum absolute atomic E-state index is 0.315. The minimum Gasteiger partial charge on any atom is -0.370 e. The lowest BCUT2D eigenvalue weighted by molar-refractivity contribution is -0.128. The van der Waals surface area contributed by atoms with Crippen LogP contribution in [0.3, 0.4) is 0 Å². The Morgan fingerprint density at radius 2 is 2.11 bits per heavy atom. The number of nitrogens with zero attached hydrogens (tertiary/aromatic N) is 3. The van der Waals surface area contributed by atoms with E-state index in [-0.39, 0.29) is 0 Å². The van der Waals surface area contributed by atoms with Crippen molar-refractivity contribution in [2.75, 3.05) is 37.7 Å². The molecule has 19 heavy (non-hydrogen) atoms. The first-order valence-corrected chi connectivity index (χ1v) is 8.31. The van der Waals surface area contributed by atoms with Gasteiger partial charge in [0.05, 0.1) is 0 Å². The molecule has 1 saturated carbocycles. The van der Waals surface area contributed by atoms with Gasteiger partial charge in [-0.05, 0) is 12.8 Å². The van der Waals surface area contributed by atoms with Crippen LogP contribution in [-0.2, 0) is 4.79 Å². The molecule has 0 bridgehead atoms. The number of carbonyl (C=O) groups excluding carboxylic acids is 1. The normalized spacial score (nSPS) is 29.2. The van der Waals surface area contributed by atoms with Crippen molar-refractivity contribution in [3.63, 3.8) is 0 Å². The summed E-state index contributed by atoms with van der Waals surface area (Å²) in [4.78, 5) is 20.6. The summed E-state index contributed by atoms with van der Waals surface area (Å²) >= 11 is 1.97. The quantitative estimate of drug-likeness (QED) is 0.600. The van der Waals surface area contributed by atoms with Gasteiger partial charge in [0.2, 0.25) is 5.91 Å². The molecular formula is C13H22N4OS. The van der Waals surface area contributed by atoms with E-state index < -0.39 is 0 Å². The fraction of sp³-hybridized carbons (Fsp3) is 0.846. The number of carbonyl (C=O) groups is 1. The molecule has 106 valence electrons. The van der Waals surface area contributed by atoms with Crippen molar-refractivity contribution in [2.24, 2.45) is 16.6 Å². The first kappa shape index (κ1) is 13.1. The first-order chi connectivity index (χ1) is 9.24. The van der Waals surface area contributed by atoms with Gasteiger partial charge in [-0.2, -0.15) is 11.8 Å². The minimum atomic E-state index is 0.315. The maximum absolute atomic E-state index is 11.8. The van der Waals surface area contributed by atoms with Crippen LogP contribution in [-0.4, -0.2) is 65.4 Å². The first-order valence-electron chi connectivity index (χ1n) is 7.16. The average molecular weight is 282 g/mol. The summed E-state index contributed by atoms with van der Waals surface area (Å²) in [5.74, 6) is 3.61. The molecular weight excluding hydrogens is 260 g/mol. The third kappa shape index (κ3) is 3.16. The topological polar surface area (TPSA) is 61.9 Å². The van der Waals surface area contributed by atoms with Gasteiger partial charge in [-0.15, -0.1) is 0 Å². The molecule has 3 aliphatic rings. The number of nitrogens with two attached hydrogens (primary N) is 1. The lowest BCUT2D eigenvalue weighted by Crippen LogP contribution is -2.43. The molecule has 5 nitrogen and oxygen atoms in total. The summed E-state index contributed by atoms with van der Waals surface area (Å²) < 4.78 is 0.